The van der Waals surface area contributed by atoms with Crippen molar-refractivity contribution in [3.63, 3.8) is 0 Å². The molecule has 1 heterocycles. The average Bonchev–Trinajstić information content (AvgIpc) is 2.73. The molecule has 2 fully saturated rings. The molecule has 0 aromatic rings. The third kappa shape index (κ3) is 4.96. The summed E-state index contributed by atoms with van der Waals surface area (Å²) >= 11 is 0. The van der Waals surface area contributed by atoms with Gasteiger partial charge >= 0.3 is 0 Å². The Kier molecular flexibility index (Phi) is 6.49. The van der Waals surface area contributed by atoms with Crippen LogP contribution in [-0.4, -0.2) is 49.7 Å². The largest absolute Gasteiger partial charge is 0.368 e. The van der Waals surface area contributed by atoms with Crippen molar-refractivity contribution in [2.45, 2.75) is 52.6 Å². The predicted molar refractivity (Wildman–Crippen MR) is 85.1 cm³/mol. The number of nitrogens with one attached hydrogen (secondary N) is 1. The molecule has 1 saturated heterocycles. The molecule has 0 spiro atoms. The van der Waals surface area contributed by atoms with Gasteiger partial charge in [0.05, 0.1) is 6.10 Å². The molecule has 122 valence electrons. The Morgan fingerprint density at radius 2 is 2.10 bits per heavy atom. The summed E-state index contributed by atoms with van der Waals surface area (Å²) in [6.07, 6.45) is 4.96. The van der Waals surface area contributed by atoms with Gasteiger partial charge in [0.25, 0.3) is 0 Å². The molecule has 3 atom stereocenters. The lowest BCUT2D eigenvalue weighted by Gasteiger charge is -2.37. The van der Waals surface area contributed by atoms with Crippen LogP contribution in [-0.2, 0) is 9.53 Å². The smallest absolute Gasteiger partial charge is 0.248 e. The zero-order valence-corrected chi connectivity index (χ0v) is 13.9. The molecule has 2 rings (SSSR count). The summed E-state index contributed by atoms with van der Waals surface area (Å²) in [7, 11) is 0. The van der Waals surface area contributed by atoms with Crippen LogP contribution in [0.5, 0.6) is 0 Å². The molecule has 1 aliphatic carbocycles. The highest BCUT2D eigenvalue weighted by Crippen LogP contribution is 2.35. The van der Waals surface area contributed by atoms with E-state index < -0.39 is 0 Å². The predicted octanol–water partition coefficient (Wildman–Crippen LogP) is 2.29. The first kappa shape index (κ1) is 16.8. The molecule has 0 aromatic carbocycles. The highest BCUT2D eigenvalue weighted by Gasteiger charge is 2.32. The summed E-state index contributed by atoms with van der Waals surface area (Å²) in [5, 5.41) is 3.33. The minimum Gasteiger partial charge on any atom is -0.368 e. The molecule has 21 heavy (non-hydrogen) atoms. The van der Waals surface area contributed by atoms with Crippen molar-refractivity contribution in [3.05, 3.63) is 0 Å². The Labute approximate surface area is 129 Å². The molecule has 4 nitrogen and oxygen atoms in total. The number of amides is 1. The summed E-state index contributed by atoms with van der Waals surface area (Å²) in [5.41, 5.74) is 0. The van der Waals surface area contributed by atoms with E-state index in [4.69, 9.17) is 4.74 Å². The van der Waals surface area contributed by atoms with Crippen molar-refractivity contribution < 1.29 is 9.53 Å². The maximum Gasteiger partial charge on any atom is 0.248 e. The standard InChI is InChI=1S/C17H32N2O2/c1-13(2)15-6-5-14(3)11-16(15)21-12-17(20)19-9-4-7-18-8-10-19/h13-16,18H,4-12H2,1-3H3. The quantitative estimate of drug-likeness (QED) is 0.865. The molecule has 1 saturated carbocycles. The second kappa shape index (κ2) is 8.14. The number of nitrogens with zero attached hydrogens (tertiary/aromatic N) is 1. The van der Waals surface area contributed by atoms with Crippen LogP contribution in [0.2, 0.25) is 0 Å². The van der Waals surface area contributed by atoms with Crippen molar-refractivity contribution in [1.29, 1.82) is 0 Å². The molecular formula is C17H32N2O2. The Balaban J connectivity index is 1.83. The van der Waals surface area contributed by atoms with E-state index in [9.17, 15) is 4.79 Å². The molecule has 4 heteroatoms. The Morgan fingerprint density at radius 1 is 1.29 bits per heavy atom. The van der Waals surface area contributed by atoms with E-state index >= 15 is 0 Å². The van der Waals surface area contributed by atoms with Gasteiger partial charge in [-0.2, -0.15) is 0 Å². The van der Waals surface area contributed by atoms with Crippen LogP contribution in [0.1, 0.15) is 46.5 Å². The second-order valence-corrected chi connectivity index (χ2v) is 7.16. The minimum absolute atomic E-state index is 0.166. The monoisotopic (exact) mass is 296 g/mol. The summed E-state index contributed by atoms with van der Waals surface area (Å²) in [6.45, 7) is 10.7. The zero-order valence-electron chi connectivity index (χ0n) is 13.9. The van der Waals surface area contributed by atoms with Crippen LogP contribution < -0.4 is 5.32 Å². The van der Waals surface area contributed by atoms with Gasteiger partial charge in [-0.25, -0.2) is 0 Å². The molecule has 2 aliphatic rings. The van der Waals surface area contributed by atoms with E-state index in [1.54, 1.807) is 0 Å². The number of carbonyl (C=O) groups excluding carboxylic acids is 1. The molecule has 3 unspecified atom stereocenters. The van der Waals surface area contributed by atoms with Crippen LogP contribution in [0.25, 0.3) is 0 Å². The normalized spacial score (nSPS) is 31.2. The molecular weight excluding hydrogens is 264 g/mol. The zero-order chi connectivity index (χ0) is 15.2. The van der Waals surface area contributed by atoms with Gasteiger partial charge in [-0.1, -0.05) is 27.2 Å². The van der Waals surface area contributed by atoms with Gasteiger partial charge in [0, 0.05) is 19.6 Å². The Hall–Kier alpha value is -0.610. The number of hydrogen-bond donors (Lipinski definition) is 1. The van der Waals surface area contributed by atoms with E-state index in [0.717, 1.165) is 44.9 Å². The maximum atomic E-state index is 12.3. The summed E-state index contributed by atoms with van der Waals surface area (Å²) in [4.78, 5) is 14.3. The van der Waals surface area contributed by atoms with Crippen LogP contribution in [0.4, 0.5) is 0 Å². The fourth-order valence-electron chi connectivity index (χ4n) is 3.67. The summed E-state index contributed by atoms with van der Waals surface area (Å²) in [6, 6.07) is 0. The van der Waals surface area contributed by atoms with Crippen LogP contribution in [0.15, 0.2) is 0 Å². The first-order valence-electron chi connectivity index (χ1n) is 8.68. The number of ether oxygens (including phenoxy) is 1. The van der Waals surface area contributed by atoms with Crippen molar-refractivity contribution in [2.75, 3.05) is 32.8 Å². The van der Waals surface area contributed by atoms with Crippen LogP contribution in [0.3, 0.4) is 0 Å². The Bertz CT molecular complexity index is 325. The molecule has 0 radical (unpaired) electrons. The highest BCUT2D eigenvalue weighted by atomic mass is 16.5. The second-order valence-electron chi connectivity index (χ2n) is 7.16. The van der Waals surface area contributed by atoms with E-state index in [-0.39, 0.29) is 18.6 Å². The summed E-state index contributed by atoms with van der Waals surface area (Å²) in [5.74, 6) is 2.14. The number of hydrogen-bond acceptors (Lipinski definition) is 3. The molecule has 0 aromatic heterocycles. The first-order valence-corrected chi connectivity index (χ1v) is 8.68. The van der Waals surface area contributed by atoms with Gasteiger partial charge in [-0.3, -0.25) is 4.79 Å². The van der Waals surface area contributed by atoms with Crippen LogP contribution in [0, 0.1) is 17.8 Å². The maximum absolute atomic E-state index is 12.3. The Morgan fingerprint density at radius 3 is 2.86 bits per heavy atom. The minimum atomic E-state index is 0.166. The van der Waals surface area contributed by atoms with Gasteiger partial charge in [-0.15, -0.1) is 0 Å². The fraction of sp³-hybridized carbons (Fsp3) is 0.941. The van der Waals surface area contributed by atoms with E-state index in [1.165, 1.54) is 12.8 Å². The SMILES string of the molecule is CC1CCC(C(C)C)C(OCC(=O)N2CCCNCC2)C1. The van der Waals surface area contributed by atoms with Crippen molar-refractivity contribution in [1.82, 2.24) is 10.2 Å². The topological polar surface area (TPSA) is 41.6 Å². The summed E-state index contributed by atoms with van der Waals surface area (Å²) < 4.78 is 6.07. The highest BCUT2D eigenvalue weighted by molar-refractivity contribution is 5.77. The number of carbonyl (C=O) groups is 1. The van der Waals surface area contributed by atoms with Crippen LogP contribution >= 0.6 is 0 Å². The van der Waals surface area contributed by atoms with Gasteiger partial charge in [-0.05, 0) is 43.6 Å². The van der Waals surface area contributed by atoms with Gasteiger partial charge in [0.2, 0.25) is 5.91 Å². The third-order valence-electron chi connectivity index (χ3n) is 5.07. The van der Waals surface area contributed by atoms with Crippen molar-refractivity contribution in [2.24, 2.45) is 17.8 Å². The molecule has 1 aliphatic heterocycles. The number of rotatable bonds is 4. The van der Waals surface area contributed by atoms with Gasteiger partial charge in [0.1, 0.15) is 6.61 Å². The van der Waals surface area contributed by atoms with E-state index in [2.05, 4.69) is 26.1 Å². The lowest BCUT2D eigenvalue weighted by Crippen LogP contribution is -2.40. The first-order chi connectivity index (χ1) is 10.1. The van der Waals surface area contributed by atoms with E-state index in [1.807, 2.05) is 4.90 Å². The molecule has 0 bridgehead atoms. The molecule has 1 N–H and O–H groups in total. The lowest BCUT2D eigenvalue weighted by atomic mass is 9.75. The van der Waals surface area contributed by atoms with Gasteiger partial charge in [0.15, 0.2) is 0 Å². The van der Waals surface area contributed by atoms with Gasteiger partial charge < -0.3 is 15.0 Å². The lowest BCUT2D eigenvalue weighted by molar-refractivity contribution is -0.141. The van der Waals surface area contributed by atoms with Crippen molar-refractivity contribution >= 4 is 5.91 Å². The van der Waals surface area contributed by atoms with E-state index in [0.29, 0.717) is 11.8 Å². The van der Waals surface area contributed by atoms with Crippen molar-refractivity contribution in [3.8, 4) is 0 Å². The molecule has 1 amide bonds. The average molecular weight is 296 g/mol. The third-order valence-corrected chi connectivity index (χ3v) is 5.07. The fourth-order valence-corrected chi connectivity index (χ4v) is 3.67.